The molecule has 3 aromatic carbocycles. The van der Waals surface area contributed by atoms with E-state index in [1.807, 2.05) is 80.7 Å². The molecule has 8 nitrogen and oxygen atoms in total. The molecule has 0 spiro atoms. The van der Waals surface area contributed by atoms with Gasteiger partial charge in [0.2, 0.25) is 5.91 Å². The number of carbonyl (C=O) groups excluding carboxylic acids is 2. The molecule has 1 amide bonds. The number of aromatic amines is 1. The fourth-order valence-corrected chi connectivity index (χ4v) is 4.70. The molecule has 0 aliphatic heterocycles. The van der Waals surface area contributed by atoms with Crippen LogP contribution in [0.25, 0.3) is 21.8 Å². The van der Waals surface area contributed by atoms with Crippen LogP contribution in [-0.2, 0) is 27.4 Å². The van der Waals surface area contributed by atoms with Crippen LogP contribution >= 0.6 is 0 Å². The Morgan fingerprint density at radius 2 is 1.64 bits per heavy atom. The Kier molecular flexibility index (Phi) is 7.54. The third-order valence-corrected chi connectivity index (χ3v) is 6.86. The van der Waals surface area contributed by atoms with Gasteiger partial charge in [-0.3, -0.25) is 14.2 Å². The van der Waals surface area contributed by atoms with Crippen molar-refractivity contribution in [3.05, 3.63) is 113 Å². The summed E-state index contributed by atoms with van der Waals surface area (Å²) in [6.45, 7) is 3.78. The first-order chi connectivity index (χ1) is 18.9. The van der Waals surface area contributed by atoms with Gasteiger partial charge in [0.15, 0.2) is 0 Å². The number of H-pyrrole nitrogens is 1. The van der Waals surface area contributed by atoms with Gasteiger partial charge in [0, 0.05) is 23.5 Å². The molecule has 0 fully saturated rings. The van der Waals surface area contributed by atoms with Crippen LogP contribution in [0.15, 0.2) is 96.2 Å². The molecule has 0 bridgehead atoms. The predicted molar refractivity (Wildman–Crippen MR) is 150 cm³/mol. The zero-order chi connectivity index (χ0) is 27.4. The van der Waals surface area contributed by atoms with Crippen molar-refractivity contribution in [3.63, 3.8) is 0 Å². The second-order valence-electron chi connectivity index (χ2n) is 9.88. The Bertz CT molecular complexity index is 1670. The molecule has 2 atom stereocenters. The standard InChI is InChI=1S/C31H30N4O4/c1-20(2)28(31(38)39-18-21-10-4-3-5-11-21)34-29(36)27(16-22-17-32-25-14-8-6-12-23(22)25)35-19-33-26-15-9-7-13-24(26)30(35)37/h3-15,17,19-20,27-28,32H,16,18H2,1-2H3,(H,34,36)/t27-,28+/m1/s1. The van der Waals surface area contributed by atoms with E-state index in [2.05, 4.69) is 15.3 Å². The summed E-state index contributed by atoms with van der Waals surface area (Å²) >= 11 is 0. The molecule has 0 aliphatic rings. The third kappa shape index (κ3) is 5.60. The Hall–Kier alpha value is -4.72. The first-order valence-corrected chi connectivity index (χ1v) is 12.9. The predicted octanol–water partition coefficient (Wildman–Crippen LogP) is 4.55. The van der Waals surface area contributed by atoms with Gasteiger partial charge in [0.1, 0.15) is 18.7 Å². The first kappa shape index (κ1) is 25.9. The van der Waals surface area contributed by atoms with Gasteiger partial charge in [-0.2, -0.15) is 0 Å². The highest BCUT2D eigenvalue weighted by molar-refractivity contribution is 5.89. The zero-order valence-electron chi connectivity index (χ0n) is 21.8. The van der Waals surface area contributed by atoms with Gasteiger partial charge in [-0.1, -0.05) is 74.5 Å². The summed E-state index contributed by atoms with van der Waals surface area (Å²) in [5, 5.41) is 4.25. The molecule has 8 heteroatoms. The summed E-state index contributed by atoms with van der Waals surface area (Å²) in [5.74, 6) is -1.23. The number of nitrogens with zero attached hydrogens (tertiary/aromatic N) is 2. The van der Waals surface area contributed by atoms with Crippen LogP contribution in [-0.4, -0.2) is 32.5 Å². The van der Waals surface area contributed by atoms with Crippen LogP contribution in [0.1, 0.15) is 31.0 Å². The van der Waals surface area contributed by atoms with Crippen molar-refractivity contribution in [2.24, 2.45) is 5.92 Å². The minimum absolute atomic E-state index is 0.103. The molecule has 5 aromatic rings. The van der Waals surface area contributed by atoms with E-state index in [0.29, 0.717) is 10.9 Å². The topological polar surface area (TPSA) is 106 Å². The van der Waals surface area contributed by atoms with Crippen molar-refractivity contribution < 1.29 is 14.3 Å². The van der Waals surface area contributed by atoms with Gasteiger partial charge in [-0.25, -0.2) is 9.78 Å². The summed E-state index contributed by atoms with van der Waals surface area (Å²) in [7, 11) is 0. The second kappa shape index (κ2) is 11.3. The lowest BCUT2D eigenvalue weighted by Gasteiger charge is -2.25. The van der Waals surface area contributed by atoms with Crippen molar-refractivity contribution in [2.75, 3.05) is 0 Å². The molecular weight excluding hydrogens is 492 g/mol. The van der Waals surface area contributed by atoms with Gasteiger partial charge < -0.3 is 15.0 Å². The fraction of sp³-hybridized carbons (Fsp3) is 0.226. The SMILES string of the molecule is CC(C)[C@H](NC(=O)[C@@H](Cc1c[nH]c2ccccc12)n1cnc2ccccc2c1=O)C(=O)OCc1ccccc1. The van der Waals surface area contributed by atoms with Crippen molar-refractivity contribution in [1.29, 1.82) is 0 Å². The van der Waals surface area contributed by atoms with Crippen LogP contribution in [0.4, 0.5) is 0 Å². The van der Waals surface area contributed by atoms with Gasteiger partial charge in [0.25, 0.3) is 5.56 Å². The summed E-state index contributed by atoms with van der Waals surface area (Å²) < 4.78 is 6.90. The fourth-order valence-electron chi connectivity index (χ4n) is 4.70. The van der Waals surface area contributed by atoms with Gasteiger partial charge >= 0.3 is 5.97 Å². The lowest BCUT2D eigenvalue weighted by atomic mass is 10.0. The maximum absolute atomic E-state index is 13.9. The zero-order valence-corrected chi connectivity index (χ0v) is 21.8. The molecule has 0 unspecified atom stereocenters. The van der Waals surface area contributed by atoms with E-state index in [4.69, 9.17) is 4.74 Å². The average Bonchev–Trinajstić information content (AvgIpc) is 3.37. The highest BCUT2D eigenvalue weighted by Gasteiger charge is 2.31. The normalized spacial score (nSPS) is 12.9. The summed E-state index contributed by atoms with van der Waals surface area (Å²) in [6, 6.07) is 22.3. The van der Waals surface area contributed by atoms with Crippen molar-refractivity contribution in [1.82, 2.24) is 19.9 Å². The molecule has 39 heavy (non-hydrogen) atoms. The largest absolute Gasteiger partial charge is 0.459 e. The minimum Gasteiger partial charge on any atom is -0.459 e. The number of aromatic nitrogens is 3. The molecule has 0 aliphatic carbocycles. The molecular formula is C31H30N4O4. The van der Waals surface area contributed by atoms with Gasteiger partial charge in [0.05, 0.1) is 17.2 Å². The highest BCUT2D eigenvalue weighted by atomic mass is 16.5. The maximum Gasteiger partial charge on any atom is 0.329 e. The number of hydrogen-bond donors (Lipinski definition) is 2. The van der Waals surface area contributed by atoms with Gasteiger partial charge in [-0.15, -0.1) is 0 Å². The lowest BCUT2D eigenvalue weighted by molar-refractivity contribution is -0.150. The highest BCUT2D eigenvalue weighted by Crippen LogP contribution is 2.23. The molecule has 0 saturated carbocycles. The number of fused-ring (bicyclic) bond motifs is 2. The number of esters is 1. The monoisotopic (exact) mass is 522 g/mol. The van der Waals surface area contributed by atoms with Gasteiger partial charge in [-0.05, 0) is 35.2 Å². The van der Waals surface area contributed by atoms with Crippen LogP contribution in [0.2, 0.25) is 0 Å². The quantitative estimate of drug-likeness (QED) is 0.276. The van der Waals surface area contributed by atoms with E-state index in [9.17, 15) is 14.4 Å². The second-order valence-corrected chi connectivity index (χ2v) is 9.88. The number of carbonyl (C=O) groups is 2. The number of benzene rings is 3. The molecule has 198 valence electrons. The van der Waals surface area contributed by atoms with E-state index >= 15 is 0 Å². The van der Waals surface area contributed by atoms with E-state index in [1.165, 1.54) is 10.9 Å². The first-order valence-electron chi connectivity index (χ1n) is 12.9. The number of rotatable bonds is 9. The molecule has 0 radical (unpaired) electrons. The molecule has 2 aromatic heterocycles. The molecule has 5 rings (SSSR count). The Labute approximate surface area is 225 Å². The maximum atomic E-state index is 13.9. The Balaban J connectivity index is 1.46. The molecule has 2 N–H and O–H groups in total. The van der Waals surface area contributed by atoms with E-state index in [-0.39, 0.29) is 24.5 Å². The summed E-state index contributed by atoms with van der Waals surface area (Å²) in [5.41, 5.74) is 2.88. The van der Waals surface area contributed by atoms with Crippen molar-refractivity contribution in [2.45, 2.75) is 39.0 Å². The third-order valence-electron chi connectivity index (χ3n) is 6.86. The summed E-state index contributed by atoms with van der Waals surface area (Å²) in [6.07, 6.45) is 3.47. The Morgan fingerprint density at radius 1 is 0.949 bits per heavy atom. The number of hydrogen-bond acceptors (Lipinski definition) is 5. The number of nitrogens with one attached hydrogen (secondary N) is 2. The summed E-state index contributed by atoms with van der Waals surface area (Å²) in [4.78, 5) is 48.1. The van der Waals surface area contributed by atoms with E-state index in [0.717, 1.165) is 22.0 Å². The van der Waals surface area contributed by atoms with Crippen LogP contribution in [0.5, 0.6) is 0 Å². The van der Waals surface area contributed by atoms with Crippen molar-refractivity contribution in [3.8, 4) is 0 Å². The number of para-hydroxylation sites is 2. The van der Waals surface area contributed by atoms with Crippen LogP contribution < -0.4 is 10.9 Å². The lowest BCUT2D eigenvalue weighted by Crippen LogP contribution is -2.49. The van der Waals surface area contributed by atoms with Crippen LogP contribution in [0, 0.1) is 5.92 Å². The number of amides is 1. The number of ether oxygens (including phenoxy) is 1. The molecule has 0 saturated heterocycles. The van der Waals surface area contributed by atoms with Crippen LogP contribution in [0.3, 0.4) is 0 Å². The average molecular weight is 523 g/mol. The Morgan fingerprint density at radius 3 is 2.41 bits per heavy atom. The smallest absolute Gasteiger partial charge is 0.329 e. The van der Waals surface area contributed by atoms with E-state index < -0.39 is 24.0 Å². The van der Waals surface area contributed by atoms with E-state index in [1.54, 1.807) is 18.2 Å². The minimum atomic E-state index is -0.947. The van der Waals surface area contributed by atoms with Crippen molar-refractivity contribution >= 4 is 33.7 Å². The molecule has 2 heterocycles.